The van der Waals surface area contributed by atoms with E-state index in [9.17, 15) is 13.2 Å². The molecule has 2 heterocycles. The molecule has 32 heavy (non-hydrogen) atoms. The van der Waals surface area contributed by atoms with Gasteiger partial charge < -0.3 is 10.5 Å². The minimum Gasteiger partial charge on any atom is -0.387 e. The molecule has 11 nitrogen and oxygen atoms in total. The smallest absolute Gasteiger partial charge is 0.274 e. The van der Waals surface area contributed by atoms with Crippen LogP contribution in [0.2, 0.25) is 0 Å². The maximum atomic E-state index is 13.2. The van der Waals surface area contributed by atoms with Gasteiger partial charge in [0.25, 0.3) is 5.91 Å². The third-order valence-corrected chi connectivity index (χ3v) is 5.99. The van der Waals surface area contributed by atoms with E-state index >= 15 is 0 Å². The number of H-pyrrole nitrogens is 1. The van der Waals surface area contributed by atoms with Gasteiger partial charge in [-0.3, -0.25) is 14.7 Å². The van der Waals surface area contributed by atoms with Crippen LogP contribution in [0.1, 0.15) is 24.6 Å². The lowest BCUT2D eigenvalue weighted by Crippen LogP contribution is -2.33. The van der Waals surface area contributed by atoms with Gasteiger partial charge in [-0.2, -0.15) is 5.10 Å². The molecule has 1 amide bonds. The number of amidine groups is 1. The molecule has 0 bridgehead atoms. The molecule has 3 rings (SSSR count). The average molecular weight is 463 g/mol. The van der Waals surface area contributed by atoms with Crippen LogP contribution in [0.15, 0.2) is 45.9 Å². The SMILES string of the molecule is CCON(Cc1ccn[nH]1)C(=O)C1=Cc2ccc(S(=O)(=O)NCCOC)cc2N=C(N)C1. The van der Waals surface area contributed by atoms with Gasteiger partial charge in [-0.25, -0.2) is 23.2 Å². The van der Waals surface area contributed by atoms with Crippen LogP contribution in [0.25, 0.3) is 6.08 Å². The molecule has 1 aromatic carbocycles. The predicted octanol–water partition coefficient (Wildman–Crippen LogP) is 1.09. The largest absolute Gasteiger partial charge is 0.387 e. The fourth-order valence-electron chi connectivity index (χ4n) is 3.06. The van der Waals surface area contributed by atoms with Crippen molar-refractivity contribution in [2.45, 2.75) is 24.8 Å². The van der Waals surface area contributed by atoms with Crippen LogP contribution in [0.5, 0.6) is 0 Å². The number of nitrogens with one attached hydrogen (secondary N) is 2. The number of hydroxylamine groups is 2. The molecule has 1 aliphatic heterocycles. The number of sulfonamides is 1. The summed E-state index contributed by atoms with van der Waals surface area (Å²) in [4.78, 5) is 23.1. The van der Waals surface area contributed by atoms with Gasteiger partial charge in [-0.1, -0.05) is 6.07 Å². The summed E-state index contributed by atoms with van der Waals surface area (Å²) >= 11 is 0. The summed E-state index contributed by atoms with van der Waals surface area (Å²) < 4.78 is 32.3. The fraction of sp³-hybridized carbons (Fsp3) is 0.350. The Kier molecular flexibility index (Phi) is 7.75. The van der Waals surface area contributed by atoms with Crippen molar-refractivity contribution < 1.29 is 22.8 Å². The number of hydrogen-bond donors (Lipinski definition) is 3. The van der Waals surface area contributed by atoms with Crippen molar-refractivity contribution >= 4 is 33.5 Å². The monoisotopic (exact) mass is 462 g/mol. The van der Waals surface area contributed by atoms with E-state index in [4.69, 9.17) is 15.3 Å². The maximum Gasteiger partial charge on any atom is 0.274 e. The van der Waals surface area contributed by atoms with E-state index in [1.807, 2.05) is 0 Å². The average Bonchev–Trinajstić information content (AvgIpc) is 3.20. The Morgan fingerprint density at radius 2 is 2.16 bits per heavy atom. The number of aromatic amines is 1. The number of methoxy groups -OCH3 is 1. The normalized spacial score (nSPS) is 13.7. The predicted molar refractivity (Wildman–Crippen MR) is 118 cm³/mol. The minimum atomic E-state index is -3.74. The number of benzene rings is 1. The summed E-state index contributed by atoms with van der Waals surface area (Å²) in [5.41, 5.74) is 8.05. The van der Waals surface area contributed by atoms with Gasteiger partial charge in [0.05, 0.1) is 36.0 Å². The molecule has 0 unspecified atom stereocenters. The van der Waals surface area contributed by atoms with E-state index in [0.717, 1.165) is 0 Å². The van der Waals surface area contributed by atoms with Gasteiger partial charge in [0.1, 0.15) is 5.84 Å². The summed E-state index contributed by atoms with van der Waals surface area (Å²) in [6, 6.07) is 6.21. The van der Waals surface area contributed by atoms with Crippen molar-refractivity contribution in [3.05, 3.63) is 47.3 Å². The molecule has 0 radical (unpaired) electrons. The fourth-order valence-corrected chi connectivity index (χ4v) is 4.09. The summed E-state index contributed by atoms with van der Waals surface area (Å²) in [5.74, 6) is -0.186. The van der Waals surface area contributed by atoms with E-state index < -0.39 is 10.0 Å². The first kappa shape index (κ1) is 23.6. The van der Waals surface area contributed by atoms with Crippen LogP contribution >= 0.6 is 0 Å². The summed E-state index contributed by atoms with van der Waals surface area (Å²) in [6.07, 6.45) is 3.33. The van der Waals surface area contributed by atoms with E-state index in [1.165, 1.54) is 24.3 Å². The number of nitrogens with two attached hydrogens (primary N) is 1. The topological polar surface area (TPSA) is 152 Å². The second-order valence-electron chi connectivity index (χ2n) is 6.90. The number of aliphatic imine (C=N–C) groups is 1. The van der Waals surface area contributed by atoms with Crippen molar-refractivity contribution in [1.29, 1.82) is 0 Å². The van der Waals surface area contributed by atoms with Crippen molar-refractivity contribution in [1.82, 2.24) is 20.0 Å². The quantitative estimate of drug-likeness (QED) is 0.353. The van der Waals surface area contributed by atoms with Crippen molar-refractivity contribution in [3.8, 4) is 0 Å². The molecular formula is C20H26N6O5S. The zero-order valence-corrected chi connectivity index (χ0v) is 18.7. The highest BCUT2D eigenvalue weighted by atomic mass is 32.2. The highest BCUT2D eigenvalue weighted by molar-refractivity contribution is 7.89. The third kappa shape index (κ3) is 5.79. The molecule has 2 aromatic rings. The first-order valence-electron chi connectivity index (χ1n) is 9.93. The van der Waals surface area contributed by atoms with Gasteiger partial charge in [0.15, 0.2) is 0 Å². The Morgan fingerprint density at radius 3 is 2.84 bits per heavy atom. The van der Waals surface area contributed by atoms with Crippen LogP contribution in [0.3, 0.4) is 0 Å². The van der Waals surface area contributed by atoms with Crippen LogP contribution in [-0.2, 0) is 30.9 Å². The maximum absolute atomic E-state index is 13.2. The molecule has 1 aliphatic rings. The Balaban J connectivity index is 1.89. The van der Waals surface area contributed by atoms with Gasteiger partial charge in [-0.05, 0) is 31.2 Å². The second-order valence-corrected chi connectivity index (χ2v) is 8.67. The van der Waals surface area contributed by atoms with Crippen molar-refractivity contribution in [2.75, 3.05) is 26.9 Å². The number of nitrogens with zero attached hydrogens (tertiary/aromatic N) is 3. The van der Waals surface area contributed by atoms with Crippen LogP contribution in [0, 0.1) is 0 Å². The van der Waals surface area contributed by atoms with Crippen LogP contribution < -0.4 is 10.5 Å². The zero-order chi connectivity index (χ0) is 23.1. The molecule has 0 atom stereocenters. The van der Waals surface area contributed by atoms with Gasteiger partial charge in [0.2, 0.25) is 10.0 Å². The Hall–Kier alpha value is -3.06. The lowest BCUT2D eigenvalue weighted by Gasteiger charge is -2.21. The molecule has 0 saturated carbocycles. The van der Waals surface area contributed by atoms with E-state index in [1.54, 1.807) is 31.3 Å². The number of amides is 1. The summed E-state index contributed by atoms with van der Waals surface area (Å²) in [6.45, 7) is 2.65. The van der Waals surface area contributed by atoms with Gasteiger partial charge >= 0.3 is 0 Å². The zero-order valence-electron chi connectivity index (χ0n) is 17.9. The van der Waals surface area contributed by atoms with Crippen LogP contribution in [-0.4, -0.2) is 62.3 Å². The van der Waals surface area contributed by atoms with Crippen molar-refractivity contribution in [2.24, 2.45) is 10.7 Å². The molecule has 4 N–H and O–H groups in total. The van der Waals surface area contributed by atoms with Gasteiger partial charge in [-0.15, -0.1) is 0 Å². The summed E-state index contributed by atoms with van der Waals surface area (Å²) in [7, 11) is -2.25. The molecular weight excluding hydrogens is 436 g/mol. The lowest BCUT2D eigenvalue weighted by atomic mass is 10.1. The molecule has 0 aliphatic carbocycles. The van der Waals surface area contributed by atoms with Gasteiger partial charge in [0, 0.05) is 37.4 Å². The van der Waals surface area contributed by atoms with E-state index in [0.29, 0.717) is 29.1 Å². The first-order valence-corrected chi connectivity index (χ1v) is 11.4. The number of hydrogen-bond acceptors (Lipinski definition) is 8. The number of rotatable bonds is 10. The number of ether oxygens (including phenoxy) is 1. The number of carbonyl (C=O) groups excluding carboxylic acids is 1. The molecule has 0 saturated heterocycles. The van der Waals surface area contributed by atoms with E-state index in [2.05, 4.69) is 19.9 Å². The minimum absolute atomic E-state index is 0.0438. The Bertz CT molecular complexity index is 1110. The van der Waals surface area contributed by atoms with E-state index in [-0.39, 0.29) is 42.8 Å². The molecule has 0 spiro atoms. The molecule has 172 valence electrons. The highest BCUT2D eigenvalue weighted by Crippen LogP contribution is 2.30. The highest BCUT2D eigenvalue weighted by Gasteiger charge is 2.24. The number of aromatic nitrogens is 2. The molecule has 0 fully saturated rings. The number of carbonyl (C=O) groups is 1. The number of fused-ring (bicyclic) bond motifs is 1. The third-order valence-electron chi connectivity index (χ3n) is 4.53. The van der Waals surface area contributed by atoms with Crippen molar-refractivity contribution in [3.63, 3.8) is 0 Å². The molecule has 1 aromatic heterocycles. The summed E-state index contributed by atoms with van der Waals surface area (Å²) in [5, 5.41) is 7.91. The standard InChI is InChI=1S/C20H26N6O5S/c1-3-31-26(13-16-6-7-22-25-16)20(27)15-10-14-4-5-17(12-18(14)24-19(21)11-15)32(28,29)23-8-9-30-2/h4-7,10,12,23H,3,8-9,11,13H2,1-2H3,(H2,21,24)(H,22,25). The first-order chi connectivity index (χ1) is 15.3. The lowest BCUT2D eigenvalue weighted by molar-refractivity contribution is -0.184. The van der Waals surface area contributed by atoms with Crippen LogP contribution in [0.4, 0.5) is 5.69 Å². The Labute approximate surface area is 186 Å². The second kappa shape index (κ2) is 10.5. The Morgan fingerprint density at radius 1 is 1.34 bits per heavy atom. The molecule has 12 heteroatoms.